The first kappa shape index (κ1) is 22.8. The van der Waals surface area contributed by atoms with E-state index in [0.29, 0.717) is 12.6 Å². The molecule has 0 spiro atoms. The molecule has 2 aromatic rings. The maximum atomic E-state index is 12.3. The van der Waals surface area contributed by atoms with E-state index in [4.69, 9.17) is 14.5 Å². The molecule has 0 bridgehead atoms. The Morgan fingerprint density at radius 2 is 1.90 bits per heavy atom. The molecule has 6 nitrogen and oxygen atoms in total. The number of aromatic nitrogens is 2. The van der Waals surface area contributed by atoms with Gasteiger partial charge in [0.05, 0.1) is 17.4 Å². The Bertz CT molecular complexity index is 859. The van der Waals surface area contributed by atoms with Crippen molar-refractivity contribution in [2.75, 3.05) is 19.7 Å². The summed E-state index contributed by atoms with van der Waals surface area (Å²) in [5.41, 5.74) is 3.00. The van der Waals surface area contributed by atoms with E-state index in [0.717, 1.165) is 43.6 Å². The minimum Gasteiger partial charge on any atom is -0.444 e. The molecule has 0 atom stereocenters. The van der Waals surface area contributed by atoms with E-state index in [9.17, 15) is 4.79 Å². The number of ether oxygens (including phenoxy) is 2. The zero-order chi connectivity index (χ0) is 21.9. The smallest absolute Gasteiger partial charge is 0.410 e. The largest absolute Gasteiger partial charge is 0.444 e. The number of nitrogens with zero attached hydrogens (tertiary/aromatic N) is 3. The van der Waals surface area contributed by atoms with Crippen LogP contribution in [0.4, 0.5) is 4.79 Å². The van der Waals surface area contributed by atoms with Crippen molar-refractivity contribution in [2.24, 2.45) is 0 Å². The molecule has 1 aliphatic rings. The summed E-state index contributed by atoms with van der Waals surface area (Å²) in [5, 5.41) is 0. The molecule has 3 rings (SSSR count). The zero-order valence-electron chi connectivity index (χ0n) is 19.4. The molecule has 0 unspecified atom stereocenters. The molecule has 0 saturated carbocycles. The van der Waals surface area contributed by atoms with Crippen molar-refractivity contribution in [2.45, 2.75) is 77.5 Å². The number of likely N-dealkylation sites (tertiary alicyclic amines) is 1. The van der Waals surface area contributed by atoms with Gasteiger partial charge in [0.1, 0.15) is 12.3 Å². The van der Waals surface area contributed by atoms with Crippen molar-refractivity contribution < 1.29 is 14.3 Å². The predicted octanol–water partition coefficient (Wildman–Crippen LogP) is 5.46. The number of amides is 1. The van der Waals surface area contributed by atoms with Gasteiger partial charge in [-0.1, -0.05) is 31.8 Å². The van der Waals surface area contributed by atoms with Crippen molar-refractivity contribution in [1.29, 1.82) is 0 Å². The first-order chi connectivity index (χ1) is 14.0. The SMILES string of the molecule is CC(C)(C)OC(=O)N1CCC(c2cccc3c2ncn3COCC[Si](C)(C)C)CC1. The minimum absolute atomic E-state index is 0.209. The summed E-state index contributed by atoms with van der Waals surface area (Å²) in [6.07, 6.45) is 3.54. The second-order valence-electron chi connectivity index (χ2n) is 10.5. The highest BCUT2D eigenvalue weighted by molar-refractivity contribution is 6.76. The van der Waals surface area contributed by atoms with Gasteiger partial charge in [-0.3, -0.25) is 0 Å². The van der Waals surface area contributed by atoms with Crippen LogP contribution in [0.15, 0.2) is 24.5 Å². The van der Waals surface area contributed by atoms with Gasteiger partial charge in [0.15, 0.2) is 0 Å². The molecule has 2 heterocycles. The molecule has 1 amide bonds. The molecule has 1 aromatic heterocycles. The number of hydrogen-bond acceptors (Lipinski definition) is 4. The van der Waals surface area contributed by atoms with Gasteiger partial charge in [0, 0.05) is 27.8 Å². The first-order valence-corrected chi connectivity index (χ1v) is 14.7. The van der Waals surface area contributed by atoms with Gasteiger partial charge >= 0.3 is 6.09 Å². The number of benzene rings is 1. The Kier molecular flexibility index (Phi) is 6.92. The summed E-state index contributed by atoms with van der Waals surface area (Å²) >= 11 is 0. The van der Waals surface area contributed by atoms with Gasteiger partial charge in [0.25, 0.3) is 0 Å². The van der Waals surface area contributed by atoms with Crippen LogP contribution in [0, 0.1) is 0 Å². The van der Waals surface area contributed by atoms with Gasteiger partial charge in [-0.2, -0.15) is 0 Å². The summed E-state index contributed by atoms with van der Waals surface area (Å²) in [5.74, 6) is 0.406. The normalized spacial score (nSPS) is 16.3. The molecule has 0 aliphatic carbocycles. The summed E-state index contributed by atoms with van der Waals surface area (Å²) in [6.45, 7) is 15.6. The van der Waals surface area contributed by atoms with Crippen molar-refractivity contribution in [1.82, 2.24) is 14.5 Å². The molecule has 0 N–H and O–H groups in total. The molecule has 30 heavy (non-hydrogen) atoms. The molecular formula is C23H37N3O3Si. The van der Waals surface area contributed by atoms with Crippen molar-refractivity contribution in [3.05, 3.63) is 30.1 Å². The highest BCUT2D eigenvalue weighted by Crippen LogP contribution is 2.33. The van der Waals surface area contributed by atoms with E-state index in [-0.39, 0.29) is 6.09 Å². The number of imidazole rings is 1. The summed E-state index contributed by atoms with van der Waals surface area (Å²) in [4.78, 5) is 18.9. The highest BCUT2D eigenvalue weighted by Gasteiger charge is 2.28. The average molecular weight is 432 g/mol. The fourth-order valence-corrected chi connectivity index (χ4v) is 4.54. The van der Waals surface area contributed by atoms with Crippen LogP contribution < -0.4 is 0 Å². The molecule has 1 aliphatic heterocycles. The predicted molar refractivity (Wildman–Crippen MR) is 124 cm³/mol. The van der Waals surface area contributed by atoms with E-state index >= 15 is 0 Å². The van der Waals surface area contributed by atoms with E-state index in [1.165, 1.54) is 11.6 Å². The molecule has 1 aromatic carbocycles. The van der Waals surface area contributed by atoms with E-state index in [2.05, 4.69) is 42.4 Å². The standard InChI is InChI=1S/C23H37N3O3Si/c1-23(2,3)29-22(27)25-12-10-18(11-13-25)19-8-7-9-20-21(19)24-16-26(20)17-28-14-15-30(4,5)6/h7-9,16,18H,10-15,17H2,1-6H3. The minimum atomic E-state index is -1.08. The molecule has 0 radical (unpaired) electrons. The average Bonchev–Trinajstić information content (AvgIpc) is 3.06. The summed E-state index contributed by atoms with van der Waals surface area (Å²) in [6, 6.07) is 7.57. The summed E-state index contributed by atoms with van der Waals surface area (Å²) in [7, 11) is -1.08. The Hall–Kier alpha value is -1.86. The van der Waals surface area contributed by atoms with Crippen molar-refractivity contribution in [3.63, 3.8) is 0 Å². The fourth-order valence-electron chi connectivity index (χ4n) is 3.78. The molecular weight excluding hydrogens is 394 g/mol. The lowest BCUT2D eigenvalue weighted by atomic mass is 9.89. The highest BCUT2D eigenvalue weighted by atomic mass is 28.3. The van der Waals surface area contributed by atoms with Crippen LogP contribution >= 0.6 is 0 Å². The quantitative estimate of drug-likeness (QED) is 0.450. The van der Waals surface area contributed by atoms with Gasteiger partial charge < -0.3 is 18.9 Å². The van der Waals surface area contributed by atoms with E-state index < -0.39 is 13.7 Å². The third-order valence-electron chi connectivity index (χ3n) is 5.49. The van der Waals surface area contributed by atoms with Crippen molar-refractivity contribution >= 4 is 25.2 Å². The monoisotopic (exact) mass is 431 g/mol. The topological polar surface area (TPSA) is 56.6 Å². The van der Waals surface area contributed by atoms with Crippen LogP contribution in [0.3, 0.4) is 0 Å². The van der Waals surface area contributed by atoms with Crippen LogP contribution in [-0.2, 0) is 16.2 Å². The lowest BCUT2D eigenvalue weighted by Gasteiger charge is -2.33. The van der Waals surface area contributed by atoms with Crippen LogP contribution in [0.2, 0.25) is 25.7 Å². The molecule has 1 saturated heterocycles. The Morgan fingerprint density at radius 3 is 2.53 bits per heavy atom. The van der Waals surface area contributed by atoms with E-state index in [1.807, 2.05) is 32.0 Å². The zero-order valence-corrected chi connectivity index (χ0v) is 20.4. The van der Waals surface area contributed by atoms with Crippen LogP contribution in [0.5, 0.6) is 0 Å². The maximum Gasteiger partial charge on any atom is 0.410 e. The summed E-state index contributed by atoms with van der Waals surface area (Å²) < 4.78 is 13.5. The van der Waals surface area contributed by atoms with E-state index in [1.54, 1.807) is 0 Å². The molecule has 1 fully saturated rings. The molecule has 166 valence electrons. The number of hydrogen-bond donors (Lipinski definition) is 0. The van der Waals surface area contributed by atoms with Gasteiger partial charge in [-0.05, 0) is 57.2 Å². The first-order valence-electron chi connectivity index (χ1n) is 11.0. The third-order valence-corrected chi connectivity index (χ3v) is 7.20. The second-order valence-corrected chi connectivity index (χ2v) is 16.1. The van der Waals surface area contributed by atoms with Crippen LogP contribution in [0.25, 0.3) is 11.0 Å². The number of piperidine rings is 1. The lowest BCUT2D eigenvalue weighted by molar-refractivity contribution is 0.0205. The lowest BCUT2D eigenvalue weighted by Crippen LogP contribution is -2.41. The number of rotatable bonds is 6. The van der Waals surface area contributed by atoms with Gasteiger partial charge in [-0.25, -0.2) is 9.78 Å². The fraction of sp³-hybridized carbons (Fsp3) is 0.652. The van der Waals surface area contributed by atoms with Gasteiger partial charge in [-0.15, -0.1) is 0 Å². The Labute approximate surface area is 181 Å². The number of para-hydroxylation sites is 1. The Balaban J connectivity index is 1.62. The van der Waals surface area contributed by atoms with Crippen LogP contribution in [-0.4, -0.2) is 53.9 Å². The molecule has 7 heteroatoms. The Morgan fingerprint density at radius 1 is 1.20 bits per heavy atom. The number of carbonyl (C=O) groups excluding carboxylic acids is 1. The van der Waals surface area contributed by atoms with Gasteiger partial charge in [0.2, 0.25) is 0 Å². The number of carbonyl (C=O) groups is 1. The maximum absolute atomic E-state index is 12.3. The van der Waals surface area contributed by atoms with Crippen LogP contribution in [0.1, 0.15) is 45.1 Å². The number of fused-ring (bicyclic) bond motifs is 1. The van der Waals surface area contributed by atoms with Crippen molar-refractivity contribution in [3.8, 4) is 0 Å². The third kappa shape index (κ3) is 6.08. The second kappa shape index (κ2) is 9.10.